The molecule has 2 aromatic carbocycles. The van der Waals surface area contributed by atoms with Gasteiger partial charge in [0, 0.05) is 0 Å². The molecule has 4 nitrogen and oxygen atoms in total. The van der Waals surface area contributed by atoms with Crippen LogP contribution in [-0.2, 0) is 0 Å². The predicted octanol–water partition coefficient (Wildman–Crippen LogP) is 3.15. The van der Waals surface area contributed by atoms with Gasteiger partial charge in [-0.3, -0.25) is 4.57 Å². The van der Waals surface area contributed by atoms with Gasteiger partial charge in [-0.2, -0.15) is 0 Å². The van der Waals surface area contributed by atoms with Crippen molar-refractivity contribution in [2.24, 2.45) is 0 Å². The van der Waals surface area contributed by atoms with Gasteiger partial charge in [0.05, 0.1) is 17.8 Å². The zero-order valence-electron chi connectivity index (χ0n) is 11.0. The summed E-state index contributed by atoms with van der Waals surface area (Å²) in [5.74, 6) is 0.532. The minimum atomic E-state index is -0.387. The van der Waals surface area contributed by atoms with Gasteiger partial charge in [-0.1, -0.05) is 18.2 Å². The zero-order chi connectivity index (χ0) is 14.1. The maximum Gasteiger partial charge on any atom is 0.206 e. The Morgan fingerprint density at radius 1 is 1.20 bits per heavy atom. The van der Waals surface area contributed by atoms with E-state index in [1.807, 2.05) is 31.2 Å². The fourth-order valence-corrected chi connectivity index (χ4v) is 2.26. The molecule has 0 amide bonds. The molecule has 1 heterocycles. The molecule has 20 heavy (non-hydrogen) atoms. The number of nitrogen functional groups attached to an aromatic ring is 1. The molecule has 0 aliphatic carbocycles. The summed E-state index contributed by atoms with van der Waals surface area (Å²) in [7, 11) is 0. The van der Waals surface area contributed by atoms with Gasteiger partial charge in [0.25, 0.3) is 0 Å². The molecule has 0 saturated carbocycles. The topological polar surface area (TPSA) is 53.1 Å². The lowest BCUT2D eigenvalue weighted by Crippen LogP contribution is -2.04. The number of nitrogens with two attached hydrogens (primary N) is 1. The molecule has 5 heteroatoms. The molecule has 3 aromatic rings. The fraction of sp³-hybridized carbons (Fsp3) is 0.133. The lowest BCUT2D eigenvalue weighted by atomic mass is 10.2. The molecule has 0 radical (unpaired) electrons. The maximum atomic E-state index is 13.8. The highest BCUT2D eigenvalue weighted by Gasteiger charge is 2.15. The number of benzene rings is 2. The first-order chi connectivity index (χ1) is 9.72. The van der Waals surface area contributed by atoms with Crippen LogP contribution in [0.3, 0.4) is 0 Å². The molecule has 0 aliphatic heterocycles. The number of halogens is 1. The monoisotopic (exact) mass is 271 g/mol. The van der Waals surface area contributed by atoms with Crippen LogP contribution in [0.4, 0.5) is 10.3 Å². The second-order valence-corrected chi connectivity index (χ2v) is 4.31. The Morgan fingerprint density at radius 2 is 2.00 bits per heavy atom. The average Bonchev–Trinajstić information content (AvgIpc) is 2.78. The third-order valence-corrected chi connectivity index (χ3v) is 3.07. The summed E-state index contributed by atoms with van der Waals surface area (Å²) in [5, 5.41) is 0. The third kappa shape index (κ3) is 1.87. The summed E-state index contributed by atoms with van der Waals surface area (Å²) < 4.78 is 21.1. The van der Waals surface area contributed by atoms with E-state index in [0.717, 1.165) is 5.69 Å². The molecule has 1 aromatic heterocycles. The largest absolute Gasteiger partial charge is 0.492 e. The number of anilines is 1. The van der Waals surface area contributed by atoms with Crippen molar-refractivity contribution < 1.29 is 9.13 Å². The second kappa shape index (κ2) is 4.85. The van der Waals surface area contributed by atoms with Gasteiger partial charge in [-0.25, -0.2) is 9.37 Å². The van der Waals surface area contributed by atoms with Gasteiger partial charge >= 0.3 is 0 Å². The van der Waals surface area contributed by atoms with Crippen LogP contribution in [0.15, 0.2) is 42.5 Å². The lowest BCUT2D eigenvalue weighted by Gasteiger charge is -2.12. The van der Waals surface area contributed by atoms with Crippen LogP contribution in [0.25, 0.3) is 16.7 Å². The normalized spacial score (nSPS) is 10.9. The lowest BCUT2D eigenvalue weighted by molar-refractivity contribution is 0.339. The number of nitrogens with zero attached hydrogens (tertiary/aromatic N) is 2. The summed E-state index contributed by atoms with van der Waals surface area (Å²) in [6, 6.07) is 12.3. The van der Waals surface area contributed by atoms with Crippen LogP contribution in [0.1, 0.15) is 6.92 Å². The molecule has 102 valence electrons. The number of imidazole rings is 1. The molecular weight excluding hydrogens is 257 g/mol. The molecule has 0 unspecified atom stereocenters. The Hall–Kier alpha value is -2.56. The minimum absolute atomic E-state index is 0.234. The molecule has 0 atom stereocenters. The van der Waals surface area contributed by atoms with Crippen molar-refractivity contribution in [3.05, 3.63) is 48.3 Å². The van der Waals surface area contributed by atoms with Crippen molar-refractivity contribution in [3.8, 4) is 11.4 Å². The molecule has 0 fully saturated rings. The van der Waals surface area contributed by atoms with Crippen molar-refractivity contribution >= 4 is 17.0 Å². The predicted molar refractivity (Wildman–Crippen MR) is 76.6 cm³/mol. The highest BCUT2D eigenvalue weighted by atomic mass is 19.1. The number of para-hydroxylation sites is 3. The van der Waals surface area contributed by atoms with E-state index in [0.29, 0.717) is 17.9 Å². The first-order valence-electron chi connectivity index (χ1n) is 6.37. The SMILES string of the molecule is CCOc1ccccc1-n1c(N)nc2c(F)cccc21. The van der Waals surface area contributed by atoms with Crippen LogP contribution in [0.5, 0.6) is 5.75 Å². The molecule has 0 bridgehead atoms. The zero-order valence-corrected chi connectivity index (χ0v) is 11.0. The van der Waals surface area contributed by atoms with E-state index in [-0.39, 0.29) is 17.3 Å². The Kier molecular flexibility index (Phi) is 3.02. The third-order valence-electron chi connectivity index (χ3n) is 3.07. The van der Waals surface area contributed by atoms with Gasteiger partial charge in [-0.05, 0) is 31.2 Å². The van der Waals surface area contributed by atoms with Gasteiger partial charge in [-0.15, -0.1) is 0 Å². The smallest absolute Gasteiger partial charge is 0.206 e. The number of hydrogen-bond acceptors (Lipinski definition) is 3. The van der Waals surface area contributed by atoms with E-state index in [2.05, 4.69) is 4.98 Å². The van der Waals surface area contributed by atoms with E-state index < -0.39 is 0 Å². The van der Waals surface area contributed by atoms with Crippen LogP contribution in [-0.4, -0.2) is 16.2 Å². The van der Waals surface area contributed by atoms with Gasteiger partial charge in [0.2, 0.25) is 5.95 Å². The highest BCUT2D eigenvalue weighted by Crippen LogP contribution is 2.30. The van der Waals surface area contributed by atoms with Crippen LogP contribution < -0.4 is 10.5 Å². The minimum Gasteiger partial charge on any atom is -0.492 e. The summed E-state index contributed by atoms with van der Waals surface area (Å²) in [6.45, 7) is 2.45. The molecule has 0 saturated heterocycles. The second-order valence-electron chi connectivity index (χ2n) is 4.31. The summed E-state index contributed by atoms with van der Waals surface area (Å²) in [5.41, 5.74) is 7.58. The standard InChI is InChI=1S/C15H14FN3O/c1-2-20-13-9-4-3-7-11(13)19-12-8-5-6-10(16)14(12)18-15(19)17/h3-9H,2H2,1H3,(H2,17,18). The van der Waals surface area contributed by atoms with Crippen LogP contribution in [0, 0.1) is 5.82 Å². The average molecular weight is 271 g/mol. The van der Waals surface area contributed by atoms with E-state index in [1.165, 1.54) is 6.07 Å². The molecule has 0 spiro atoms. The molecule has 0 aliphatic rings. The van der Waals surface area contributed by atoms with Crippen molar-refractivity contribution in [1.29, 1.82) is 0 Å². The quantitative estimate of drug-likeness (QED) is 0.796. The van der Waals surface area contributed by atoms with Crippen molar-refractivity contribution in [2.75, 3.05) is 12.3 Å². The van der Waals surface area contributed by atoms with Crippen LogP contribution >= 0.6 is 0 Å². The Morgan fingerprint density at radius 3 is 2.80 bits per heavy atom. The molecular formula is C15H14FN3O. The molecule has 3 rings (SSSR count). The number of aromatic nitrogens is 2. The first kappa shape index (κ1) is 12.5. The fourth-order valence-electron chi connectivity index (χ4n) is 2.26. The van der Waals surface area contributed by atoms with Crippen molar-refractivity contribution in [2.45, 2.75) is 6.92 Å². The number of ether oxygens (including phenoxy) is 1. The summed E-state index contributed by atoms with van der Waals surface area (Å²) in [6.07, 6.45) is 0. The van der Waals surface area contributed by atoms with Crippen molar-refractivity contribution in [3.63, 3.8) is 0 Å². The Balaban J connectivity index is 2.30. The van der Waals surface area contributed by atoms with E-state index in [1.54, 1.807) is 16.7 Å². The molecule has 2 N–H and O–H groups in total. The number of hydrogen-bond donors (Lipinski definition) is 1. The van der Waals surface area contributed by atoms with Crippen molar-refractivity contribution in [1.82, 2.24) is 9.55 Å². The maximum absolute atomic E-state index is 13.8. The number of rotatable bonds is 3. The number of fused-ring (bicyclic) bond motifs is 1. The van der Waals surface area contributed by atoms with Gasteiger partial charge in [0.15, 0.2) is 5.82 Å². The highest BCUT2D eigenvalue weighted by molar-refractivity contribution is 5.82. The van der Waals surface area contributed by atoms with Crippen LogP contribution in [0.2, 0.25) is 0 Å². The summed E-state index contributed by atoms with van der Waals surface area (Å²) in [4.78, 5) is 4.10. The first-order valence-corrected chi connectivity index (χ1v) is 6.37. The van der Waals surface area contributed by atoms with E-state index in [9.17, 15) is 4.39 Å². The van der Waals surface area contributed by atoms with E-state index >= 15 is 0 Å². The van der Waals surface area contributed by atoms with Gasteiger partial charge in [0.1, 0.15) is 11.3 Å². The van der Waals surface area contributed by atoms with Gasteiger partial charge < -0.3 is 10.5 Å². The van der Waals surface area contributed by atoms with E-state index in [4.69, 9.17) is 10.5 Å². The summed E-state index contributed by atoms with van der Waals surface area (Å²) >= 11 is 0. The Labute approximate surface area is 115 Å². The Bertz CT molecular complexity index is 767.